The normalized spacial score (nSPS) is 12.4. The number of aliphatic hydroxyl groups is 1. The van der Waals surface area contributed by atoms with Crippen molar-refractivity contribution >= 4 is 0 Å². The number of hydrogen-bond acceptors (Lipinski definition) is 3. The van der Waals surface area contributed by atoms with E-state index in [1.54, 1.807) is 24.0 Å². The van der Waals surface area contributed by atoms with Crippen LogP contribution in [-0.4, -0.2) is 21.0 Å². The van der Waals surface area contributed by atoms with E-state index in [1.165, 1.54) is 0 Å². The molecule has 1 unspecified atom stereocenters. The van der Waals surface area contributed by atoms with Gasteiger partial charge in [0.05, 0.1) is 25.0 Å². The maximum atomic E-state index is 9.24. The maximum absolute atomic E-state index is 9.24. The summed E-state index contributed by atoms with van der Waals surface area (Å²) in [6, 6.07) is 7.83. The van der Waals surface area contributed by atoms with Crippen LogP contribution in [0.2, 0.25) is 0 Å². The molecule has 0 aliphatic heterocycles. The van der Waals surface area contributed by atoms with E-state index in [0.717, 1.165) is 11.3 Å². The number of rotatable bonds is 4. The molecular weight excluding hydrogens is 216 g/mol. The fourth-order valence-electron chi connectivity index (χ4n) is 1.58. The van der Waals surface area contributed by atoms with Crippen LogP contribution < -0.4 is 4.74 Å². The highest BCUT2D eigenvalue weighted by Gasteiger charge is 2.03. The van der Waals surface area contributed by atoms with Gasteiger partial charge in [0.2, 0.25) is 0 Å². The maximum Gasteiger partial charge on any atom is 0.165 e. The zero-order valence-electron chi connectivity index (χ0n) is 10.00. The molecule has 0 fully saturated rings. The molecule has 1 N–H and O–H groups in total. The second kappa shape index (κ2) is 5.01. The highest BCUT2D eigenvalue weighted by Crippen LogP contribution is 2.21. The molecule has 2 rings (SSSR count). The van der Waals surface area contributed by atoms with E-state index < -0.39 is 6.10 Å². The Hall–Kier alpha value is -1.81. The average Bonchev–Trinajstić information content (AvgIpc) is 2.64. The third-order valence-electron chi connectivity index (χ3n) is 2.29. The van der Waals surface area contributed by atoms with Gasteiger partial charge >= 0.3 is 0 Å². The summed E-state index contributed by atoms with van der Waals surface area (Å²) < 4.78 is 7.32. The van der Waals surface area contributed by atoms with Gasteiger partial charge in [-0.05, 0) is 31.5 Å². The van der Waals surface area contributed by atoms with Gasteiger partial charge in [0.15, 0.2) is 5.75 Å². The van der Waals surface area contributed by atoms with Gasteiger partial charge < -0.3 is 9.84 Å². The Morgan fingerprint density at radius 1 is 1.41 bits per heavy atom. The predicted molar refractivity (Wildman–Crippen MR) is 65.2 cm³/mol. The molecular formula is C13H16N2O2. The molecule has 90 valence electrons. The molecule has 1 aromatic heterocycles. The van der Waals surface area contributed by atoms with Crippen molar-refractivity contribution in [2.24, 2.45) is 0 Å². The lowest BCUT2D eigenvalue weighted by Crippen LogP contribution is -2.11. The molecule has 1 aromatic carbocycles. The van der Waals surface area contributed by atoms with Gasteiger partial charge in [0.1, 0.15) is 5.75 Å². The summed E-state index contributed by atoms with van der Waals surface area (Å²) in [5.41, 5.74) is 1.15. The van der Waals surface area contributed by atoms with E-state index in [0.29, 0.717) is 12.3 Å². The van der Waals surface area contributed by atoms with E-state index in [2.05, 4.69) is 5.10 Å². The van der Waals surface area contributed by atoms with Crippen molar-refractivity contribution in [3.8, 4) is 11.5 Å². The molecule has 0 radical (unpaired) electrons. The minimum absolute atomic E-state index is 0.415. The summed E-state index contributed by atoms with van der Waals surface area (Å²) in [5.74, 6) is 1.47. The van der Waals surface area contributed by atoms with Crippen LogP contribution in [0.4, 0.5) is 0 Å². The number of aliphatic hydroxyl groups excluding tert-OH is 1. The summed E-state index contributed by atoms with van der Waals surface area (Å²) >= 11 is 0. The topological polar surface area (TPSA) is 47.3 Å². The van der Waals surface area contributed by atoms with Crippen molar-refractivity contribution in [2.45, 2.75) is 26.5 Å². The first kappa shape index (κ1) is 11.7. The SMILES string of the molecule is Cc1cccc(Oc2cnn(CC(C)O)c2)c1. The number of ether oxygens (including phenoxy) is 1. The minimum atomic E-state index is -0.415. The van der Waals surface area contributed by atoms with E-state index in [9.17, 15) is 5.11 Å². The van der Waals surface area contributed by atoms with Crippen LogP contribution >= 0.6 is 0 Å². The summed E-state index contributed by atoms with van der Waals surface area (Å²) in [5, 5.41) is 13.3. The molecule has 0 saturated carbocycles. The van der Waals surface area contributed by atoms with Gasteiger partial charge in [-0.1, -0.05) is 12.1 Å². The van der Waals surface area contributed by atoms with Crippen LogP contribution in [0.25, 0.3) is 0 Å². The largest absolute Gasteiger partial charge is 0.454 e. The van der Waals surface area contributed by atoms with E-state index in [1.807, 2.05) is 31.2 Å². The Kier molecular flexibility index (Phi) is 3.44. The number of aromatic nitrogens is 2. The Labute approximate surface area is 100 Å². The van der Waals surface area contributed by atoms with Crippen molar-refractivity contribution in [1.29, 1.82) is 0 Å². The van der Waals surface area contributed by atoms with Crippen molar-refractivity contribution in [2.75, 3.05) is 0 Å². The number of benzene rings is 1. The number of nitrogens with zero attached hydrogens (tertiary/aromatic N) is 2. The first-order valence-electron chi connectivity index (χ1n) is 5.58. The lowest BCUT2D eigenvalue weighted by Gasteiger charge is -2.04. The fraction of sp³-hybridized carbons (Fsp3) is 0.308. The monoisotopic (exact) mass is 232 g/mol. The van der Waals surface area contributed by atoms with Crippen LogP contribution in [0, 0.1) is 6.92 Å². The second-order valence-corrected chi connectivity index (χ2v) is 4.17. The molecule has 4 heteroatoms. The van der Waals surface area contributed by atoms with Crippen LogP contribution in [0.15, 0.2) is 36.7 Å². The second-order valence-electron chi connectivity index (χ2n) is 4.17. The quantitative estimate of drug-likeness (QED) is 0.880. The molecule has 0 amide bonds. The van der Waals surface area contributed by atoms with Gasteiger partial charge in [-0.15, -0.1) is 0 Å². The standard InChI is InChI=1S/C13H16N2O2/c1-10-4-3-5-12(6-10)17-13-7-14-15(9-13)8-11(2)16/h3-7,9,11,16H,8H2,1-2H3. The van der Waals surface area contributed by atoms with Gasteiger partial charge in [-0.25, -0.2) is 0 Å². The van der Waals surface area contributed by atoms with Crippen molar-refractivity contribution in [1.82, 2.24) is 9.78 Å². The number of aryl methyl sites for hydroxylation is 1. The molecule has 0 saturated heterocycles. The van der Waals surface area contributed by atoms with Gasteiger partial charge in [0.25, 0.3) is 0 Å². The fourth-order valence-corrected chi connectivity index (χ4v) is 1.58. The lowest BCUT2D eigenvalue weighted by atomic mass is 10.2. The lowest BCUT2D eigenvalue weighted by molar-refractivity contribution is 0.168. The van der Waals surface area contributed by atoms with Crippen LogP contribution in [0.3, 0.4) is 0 Å². The third kappa shape index (κ3) is 3.32. The molecule has 4 nitrogen and oxygen atoms in total. The molecule has 1 heterocycles. The first-order chi connectivity index (χ1) is 8.13. The molecule has 0 aliphatic rings. The summed E-state index contributed by atoms with van der Waals surface area (Å²) in [7, 11) is 0. The summed E-state index contributed by atoms with van der Waals surface area (Å²) in [6.45, 7) is 4.21. The summed E-state index contributed by atoms with van der Waals surface area (Å²) in [6.07, 6.45) is 3.00. The van der Waals surface area contributed by atoms with Crippen LogP contribution in [-0.2, 0) is 6.54 Å². The Morgan fingerprint density at radius 2 is 2.24 bits per heavy atom. The van der Waals surface area contributed by atoms with Crippen molar-refractivity contribution in [3.05, 3.63) is 42.2 Å². The highest BCUT2D eigenvalue weighted by atomic mass is 16.5. The third-order valence-corrected chi connectivity index (χ3v) is 2.29. The molecule has 17 heavy (non-hydrogen) atoms. The van der Waals surface area contributed by atoms with Crippen molar-refractivity contribution < 1.29 is 9.84 Å². The minimum Gasteiger partial charge on any atom is -0.454 e. The Morgan fingerprint density at radius 3 is 2.94 bits per heavy atom. The van der Waals surface area contributed by atoms with E-state index in [-0.39, 0.29) is 0 Å². The molecule has 0 spiro atoms. The summed E-state index contributed by atoms with van der Waals surface area (Å²) in [4.78, 5) is 0. The molecule has 0 bridgehead atoms. The smallest absolute Gasteiger partial charge is 0.165 e. The van der Waals surface area contributed by atoms with Gasteiger partial charge in [-0.3, -0.25) is 4.68 Å². The van der Waals surface area contributed by atoms with Crippen molar-refractivity contribution in [3.63, 3.8) is 0 Å². The Bertz CT molecular complexity index is 492. The van der Waals surface area contributed by atoms with Crippen LogP contribution in [0.1, 0.15) is 12.5 Å². The zero-order chi connectivity index (χ0) is 12.3. The average molecular weight is 232 g/mol. The zero-order valence-corrected chi connectivity index (χ0v) is 10.00. The van der Waals surface area contributed by atoms with E-state index in [4.69, 9.17) is 4.74 Å². The highest BCUT2D eigenvalue weighted by molar-refractivity contribution is 5.31. The molecule has 1 atom stereocenters. The molecule has 0 aliphatic carbocycles. The Balaban J connectivity index is 2.06. The van der Waals surface area contributed by atoms with Gasteiger partial charge in [-0.2, -0.15) is 5.10 Å². The number of hydrogen-bond donors (Lipinski definition) is 1. The van der Waals surface area contributed by atoms with E-state index >= 15 is 0 Å². The molecule has 2 aromatic rings. The predicted octanol–water partition coefficient (Wildman–Crippen LogP) is 2.36. The van der Waals surface area contributed by atoms with Crippen LogP contribution in [0.5, 0.6) is 11.5 Å². The first-order valence-corrected chi connectivity index (χ1v) is 5.58. The van der Waals surface area contributed by atoms with Gasteiger partial charge in [0, 0.05) is 0 Å².